The molecule has 0 fully saturated rings. The van der Waals surface area contributed by atoms with Gasteiger partial charge >= 0.3 is 0 Å². The van der Waals surface area contributed by atoms with E-state index in [1.54, 1.807) is 0 Å². The highest BCUT2D eigenvalue weighted by Crippen LogP contribution is 2.14. The molecule has 0 bridgehead atoms. The molecule has 0 aliphatic rings. The molecule has 1 rings (SSSR count). The summed E-state index contributed by atoms with van der Waals surface area (Å²) in [6.45, 7) is 4.27. The van der Waals surface area contributed by atoms with Crippen LogP contribution in [0.2, 0.25) is 0 Å². The Morgan fingerprint density at radius 2 is 1.71 bits per heavy atom. The topological polar surface area (TPSA) is 3.24 Å². The Bertz CT molecular complexity index is 290. The fraction of sp³-hybridized carbons (Fsp3) is 0.455. The summed E-state index contributed by atoms with van der Waals surface area (Å²) in [7, 11) is 1.84. The van der Waals surface area contributed by atoms with Gasteiger partial charge in [-0.05, 0) is 33.0 Å². The largest absolute Gasteiger partial charge is 0.299 e. The van der Waals surface area contributed by atoms with Gasteiger partial charge in [0.15, 0.2) is 0 Å². The van der Waals surface area contributed by atoms with Crippen LogP contribution in [-0.4, -0.2) is 18.0 Å². The third kappa shape index (κ3) is 2.51. The summed E-state index contributed by atoms with van der Waals surface area (Å²) < 4.78 is 26.4. The molecule has 78 valence electrons. The van der Waals surface area contributed by atoms with Gasteiger partial charge in [0, 0.05) is 18.2 Å². The van der Waals surface area contributed by atoms with E-state index in [9.17, 15) is 8.78 Å². The standard InChI is InChI=1S/C11H15F2N/c1-8(2)14(3)7-9-10(12)5-4-6-11(9)13/h4-6,8H,7H2,1-3H3. The van der Waals surface area contributed by atoms with Gasteiger partial charge in [-0.2, -0.15) is 0 Å². The number of halogens is 2. The van der Waals surface area contributed by atoms with Crippen molar-refractivity contribution in [1.29, 1.82) is 0 Å². The second kappa shape index (κ2) is 4.51. The third-order valence-electron chi connectivity index (χ3n) is 2.35. The smallest absolute Gasteiger partial charge is 0.130 e. The molecule has 0 aliphatic heterocycles. The predicted molar refractivity (Wildman–Crippen MR) is 53.0 cm³/mol. The summed E-state index contributed by atoms with van der Waals surface area (Å²) in [5, 5.41) is 0. The lowest BCUT2D eigenvalue weighted by Crippen LogP contribution is -2.26. The normalized spacial score (nSPS) is 11.4. The molecule has 3 heteroatoms. The Labute approximate surface area is 83.3 Å². The summed E-state index contributed by atoms with van der Waals surface area (Å²) in [6, 6.07) is 4.22. The molecule has 0 heterocycles. The minimum absolute atomic E-state index is 0.142. The van der Waals surface area contributed by atoms with Gasteiger partial charge in [0.05, 0.1) is 0 Å². The zero-order chi connectivity index (χ0) is 10.7. The van der Waals surface area contributed by atoms with Crippen molar-refractivity contribution in [2.45, 2.75) is 26.4 Å². The second-order valence-corrected chi connectivity index (χ2v) is 3.71. The highest BCUT2D eigenvalue weighted by Gasteiger charge is 2.12. The fourth-order valence-corrected chi connectivity index (χ4v) is 1.12. The maximum absolute atomic E-state index is 13.2. The van der Waals surface area contributed by atoms with Gasteiger partial charge in [-0.25, -0.2) is 8.78 Å². The fourth-order valence-electron chi connectivity index (χ4n) is 1.12. The number of nitrogens with zero attached hydrogens (tertiary/aromatic N) is 1. The van der Waals surface area contributed by atoms with Crippen molar-refractivity contribution in [3.05, 3.63) is 35.4 Å². The van der Waals surface area contributed by atoms with Crippen molar-refractivity contribution < 1.29 is 8.78 Å². The highest BCUT2D eigenvalue weighted by atomic mass is 19.1. The van der Waals surface area contributed by atoms with Crippen molar-refractivity contribution in [2.75, 3.05) is 7.05 Å². The first kappa shape index (κ1) is 11.1. The van der Waals surface area contributed by atoms with E-state index < -0.39 is 11.6 Å². The quantitative estimate of drug-likeness (QED) is 0.723. The molecule has 0 amide bonds. The van der Waals surface area contributed by atoms with Gasteiger partial charge in [-0.3, -0.25) is 4.90 Å². The predicted octanol–water partition coefficient (Wildman–Crippen LogP) is 2.81. The van der Waals surface area contributed by atoms with Crippen LogP contribution in [-0.2, 0) is 6.54 Å². The Morgan fingerprint density at radius 3 is 2.14 bits per heavy atom. The maximum atomic E-state index is 13.2. The van der Waals surface area contributed by atoms with Crippen LogP contribution in [0.15, 0.2) is 18.2 Å². The Balaban J connectivity index is 2.85. The maximum Gasteiger partial charge on any atom is 0.130 e. The van der Waals surface area contributed by atoms with Crippen molar-refractivity contribution in [2.24, 2.45) is 0 Å². The first-order valence-corrected chi connectivity index (χ1v) is 4.65. The third-order valence-corrected chi connectivity index (χ3v) is 2.35. The van der Waals surface area contributed by atoms with Gasteiger partial charge in [0.25, 0.3) is 0 Å². The number of hydrogen-bond acceptors (Lipinski definition) is 1. The van der Waals surface area contributed by atoms with Crippen LogP contribution in [0.3, 0.4) is 0 Å². The molecule has 0 atom stereocenters. The first-order chi connectivity index (χ1) is 6.52. The lowest BCUT2D eigenvalue weighted by molar-refractivity contribution is 0.258. The molecule has 0 saturated carbocycles. The Kier molecular flexibility index (Phi) is 3.58. The van der Waals surface area contributed by atoms with Crippen LogP contribution in [0.5, 0.6) is 0 Å². The second-order valence-electron chi connectivity index (χ2n) is 3.71. The summed E-state index contributed by atoms with van der Waals surface area (Å²) >= 11 is 0. The van der Waals surface area contributed by atoms with Crippen LogP contribution in [0.4, 0.5) is 8.78 Å². The van der Waals surface area contributed by atoms with Gasteiger partial charge in [-0.1, -0.05) is 6.07 Å². The van der Waals surface area contributed by atoms with Crippen LogP contribution in [0.25, 0.3) is 0 Å². The molecule has 0 spiro atoms. The highest BCUT2D eigenvalue weighted by molar-refractivity contribution is 5.19. The number of benzene rings is 1. The molecule has 1 aromatic rings. The van der Waals surface area contributed by atoms with E-state index in [2.05, 4.69) is 0 Å². The van der Waals surface area contributed by atoms with Crippen LogP contribution < -0.4 is 0 Å². The molecule has 0 aliphatic carbocycles. The summed E-state index contributed by atoms with van der Waals surface area (Å²) in [4.78, 5) is 1.89. The van der Waals surface area contributed by atoms with E-state index >= 15 is 0 Å². The van der Waals surface area contributed by atoms with E-state index in [4.69, 9.17) is 0 Å². The van der Waals surface area contributed by atoms with Gasteiger partial charge < -0.3 is 0 Å². The SMILES string of the molecule is CC(C)N(C)Cc1c(F)cccc1F. The lowest BCUT2D eigenvalue weighted by Gasteiger charge is -2.21. The molecule has 0 N–H and O–H groups in total. The van der Waals surface area contributed by atoms with E-state index in [1.807, 2.05) is 25.8 Å². The zero-order valence-electron chi connectivity index (χ0n) is 8.72. The Morgan fingerprint density at radius 1 is 1.21 bits per heavy atom. The summed E-state index contributed by atoms with van der Waals surface area (Å²) in [6.07, 6.45) is 0. The van der Waals surface area contributed by atoms with Crippen molar-refractivity contribution in [1.82, 2.24) is 4.90 Å². The molecule has 0 radical (unpaired) electrons. The zero-order valence-corrected chi connectivity index (χ0v) is 8.72. The van der Waals surface area contributed by atoms with E-state index in [1.165, 1.54) is 18.2 Å². The Hall–Kier alpha value is -0.960. The van der Waals surface area contributed by atoms with Crippen LogP contribution >= 0.6 is 0 Å². The van der Waals surface area contributed by atoms with Gasteiger partial charge in [0.2, 0.25) is 0 Å². The van der Waals surface area contributed by atoms with E-state index in [0.29, 0.717) is 6.54 Å². The molecular formula is C11H15F2N. The summed E-state index contributed by atoms with van der Waals surface area (Å²) in [5.74, 6) is -0.949. The van der Waals surface area contributed by atoms with Crippen molar-refractivity contribution in [3.8, 4) is 0 Å². The lowest BCUT2D eigenvalue weighted by atomic mass is 10.1. The molecule has 1 nitrogen and oxygen atoms in total. The number of hydrogen-bond donors (Lipinski definition) is 0. The van der Waals surface area contributed by atoms with E-state index in [-0.39, 0.29) is 11.6 Å². The average molecular weight is 199 g/mol. The van der Waals surface area contributed by atoms with Gasteiger partial charge in [-0.15, -0.1) is 0 Å². The van der Waals surface area contributed by atoms with Crippen LogP contribution in [0, 0.1) is 11.6 Å². The average Bonchev–Trinajstić information content (AvgIpc) is 2.11. The molecule has 0 unspecified atom stereocenters. The minimum Gasteiger partial charge on any atom is -0.299 e. The molecule has 0 aromatic heterocycles. The van der Waals surface area contributed by atoms with Crippen molar-refractivity contribution in [3.63, 3.8) is 0 Å². The van der Waals surface area contributed by atoms with Crippen molar-refractivity contribution >= 4 is 0 Å². The molecular weight excluding hydrogens is 184 g/mol. The molecule has 0 saturated heterocycles. The number of rotatable bonds is 3. The minimum atomic E-state index is -0.475. The molecule has 1 aromatic carbocycles. The van der Waals surface area contributed by atoms with Crippen LogP contribution in [0.1, 0.15) is 19.4 Å². The first-order valence-electron chi connectivity index (χ1n) is 4.65. The monoisotopic (exact) mass is 199 g/mol. The van der Waals surface area contributed by atoms with Gasteiger partial charge in [0.1, 0.15) is 11.6 Å². The van der Waals surface area contributed by atoms with E-state index in [0.717, 1.165) is 0 Å². The molecule has 14 heavy (non-hydrogen) atoms. The summed E-state index contributed by atoms with van der Waals surface area (Å²) in [5.41, 5.74) is 0.142.